The van der Waals surface area contributed by atoms with Gasteiger partial charge in [0, 0.05) is 29.5 Å². The standard InChI is InChI=1S/C12H19N3O2/c1-8(2)4-9(3)14-11-5-10(13)6-12(7-11)15(16)17/h5-9,14H,4,13H2,1-3H3. The first kappa shape index (κ1) is 13.3. The van der Waals surface area contributed by atoms with Crippen LogP contribution in [0.2, 0.25) is 0 Å². The minimum atomic E-state index is -0.436. The second-order valence-electron chi connectivity index (χ2n) is 4.75. The van der Waals surface area contributed by atoms with Gasteiger partial charge in [-0.15, -0.1) is 0 Å². The number of non-ortho nitro benzene ring substituents is 1. The molecule has 1 unspecified atom stereocenters. The van der Waals surface area contributed by atoms with Crippen molar-refractivity contribution in [2.75, 3.05) is 11.1 Å². The zero-order valence-corrected chi connectivity index (χ0v) is 10.4. The van der Waals surface area contributed by atoms with Gasteiger partial charge < -0.3 is 11.1 Å². The highest BCUT2D eigenvalue weighted by Gasteiger charge is 2.10. The van der Waals surface area contributed by atoms with Crippen molar-refractivity contribution in [3.8, 4) is 0 Å². The summed E-state index contributed by atoms with van der Waals surface area (Å²) in [5, 5.41) is 13.9. The van der Waals surface area contributed by atoms with Crippen LogP contribution < -0.4 is 11.1 Å². The van der Waals surface area contributed by atoms with Crippen LogP contribution in [0.1, 0.15) is 27.2 Å². The van der Waals surface area contributed by atoms with E-state index in [4.69, 9.17) is 5.73 Å². The molecule has 5 heteroatoms. The molecule has 1 rings (SSSR count). The summed E-state index contributed by atoms with van der Waals surface area (Å²) >= 11 is 0. The number of nitrogens with zero attached hydrogens (tertiary/aromatic N) is 1. The summed E-state index contributed by atoms with van der Waals surface area (Å²) in [6.07, 6.45) is 1.00. The molecule has 0 fully saturated rings. The third-order valence-corrected chi connectivity index (χ3v) is 2.39. The Morgan fingerprint density at radius 2 is 2.00 bits per heavy atom. The number of hydrogen-bond acceptors (Lipinski definition) is 4. The van der Waals surface area contributed by atoms with Crippen molar-refractivity contribution < 1.29 is 4.92 Å². The number of anilines is 2. The van der Waals surface area contributed by atoms with E-state index < -0.39 is 4.92 Å². The number of benzene rings is 1. The summed E-state index contributed by atoms with van der Waals surface area (Å²) < 4.78 is 0. The maximum atomic E-state index is 10.7. The predicted octanol–water partition coefficient (Wildman–Crippen LogP) is 3.02. The van der Waals surface area contributed by atoms with Crippen molar-refractivity contribution in [1.82, 2.24) is 0 Å². The Balaban J connectivity index is 2.80. The molecule has 0 aliphatic carbocycles. The molecule has 94 valence electrons. The Labute approximate surface area is 101 Å². The largest absolute Gasteiger partial charge is 0.398 e. The number of rotatable bonds is 5. The van der Waals surface area contributed by atoms with Crippen LogP contribution in [0, 0.1) is 16.0 Å². The topological polar surface area (TPSA) is 81.2 Å². The molecular weight excluding hydrogens is 218 g/mol. The van der Waals surface area contributed by atoms with Crippen molar-refractivity contribution in [2.24, 2.45) is 5.92 Å². The van der Waals surface area contributed by atoms with E-state index in [1.165, 1.54) is 12.1 Å². The quantitative estimate of drug-likeness (QED) is 0.468. The van der Waals surface area contributed by atoms with Gasteiger partial charge in [0.1, 0.15) is 0 Å². The number of hydrogen-bond donors (Lipinski definition) is 2. The van der Waals surface area contributed by atoms with Crippen molar-refractivity contribution in [3.05, 3.63) is 28.3 Å². The van der Waals surface area contributed by atoms with E-state index in [1.54, 1.807) is 6.07 Å². The minimum Gasteiger partial charge on any atom is -0.398 e. The molecule has 0 radical (unpaired) electrons. The van der Waals surface area contributed by atoms with E-state index in [2.05, 4.69) is 26.1 Å². The smallest absolute Gasteiger partial charge is 0.273 e. The van der Waals surface area contributed by atoms with Gasteiger partial charge in [0.25, 0.3) is 5.69 Å². The molecule has 0 bridgehead atoms. The zero-order chi connectivity index (χ0) is 13.0. The third-order valence-electron chi connectivity index (χ3n) is 2.39. The van der Waals surface area contributed by atoms with Crippen LogP contribution in [0.5, 0.6) is 0 Å². The maximum Gasteiger partial charge on any atom is 0.273 e. The molecule has 5 nitrogen and oxygen atoms in total. The highest BCUT2D eigenvalue weighted by atomic mass is 16.6. The number of nitro benzene ring substituents is 1. The first-order valence-electron chi connectivity index (χ1n) is 5.70. The van der Waals surface area contributed by atoms with Crippen molar-refractivity contribution in [3.63, 3.8) is 0 Å². The summed E-state index contributed by atoms with van der Waals surface area (Å²) in [5.41, 5.74) is 6.75. The third kappa shape index (κ3) is 4.30. The second kappa shape index (κ2) is 5.52. The van der Waals surface area contributed by atoms with Crippen LogP contribution in [0.3, 0.4) is 0 Å². The number of nitro groups is 1. The van der Waals surface area contributed by atoms with Crippen molar-refractivity contribution in [1.29, 1.82) is 0 Å². The first-order chi connectivity index (χ1) is 7.88. The van der Waals surface area contributed by atoms with Gasteiger partial charge in [-0.3, -0.25) is 10.1 Å². The SMILES string of the molecule is CC(C)CC(C)Nc1cc(N)cc([N+](=O)[O-])c1. The molecule has 0 saturated carbocycles. The molecule has 0 saturated heterocycles. The Bertz CT molecular complexity index is 405. The van der Waals surface area contributed by atoms with Gasteiger partial charge in [-0.25, -0.2) is 0 Å². The molecule has 1 aromatic carbocycles. The van der Waals surface area contributed by atoms with Gasteiger partial charge in [0.15, 0.2) is 0 Å². The monoisotopic (exact) mass is 237 g/mol. The van der Waals surface area contributed by atoms with Gasteiger partial charge in [0.2, 0.25) is 0 Å². The maximum absolute atomic E-state index is 10.7. The van der Waals surface area contributed by atoms with Gasteiger partial charge in [-0.05, 0) is 25.3 Å². The van der Waals surface area contributed by atoms with Crippen LogP contribution in [0.25, 0.3) is 0 Å². The molecule has 17 heavy (non-hydrogen) atoms. The van der Waals surface area contributed by atoms with E-state index in [0.29, 0.717) is 17.3 Å². The summed E-state index contributed by atoms with van der Waals surface area (Å²) in [4.78, 5) is 10.3. The zero-order valence-electron chi connectivity index (χ0n) is 10.4. The Hall–Kier alpha value is -1.78. The highest BCUT2D eigenvalue weighted by Crippen LogP contribution is 2.23. The molecule has 0 aliphatic heterocycles. The molecule has 3 N–H and O–H groups in total. The van der Waals surface area contributed by atoms with E-state index in [-0.39, 0.29) is 11.7 Å². The fourth-order valence-corrected chi connectivity index (χ4v) is 1.87. The molecule has 1 aromatic rings. The lowest BCUT2D eigenvalue weighted by Crippen LogP contribution is -2.17. The van der Waals surface area contributed by atoms with Gasteiger partial charge >= 0.3 is 0 Å². The Morgan fingerprint density at radius 1 is 1.35 bits per heavy atom. The fourth-order valence-electron chi connectivity index (χ4n) is 1.87. The average molecular weight is 237 g/mol. The summed E-state index contributed by atoms with van der Waals surface area (Å²) in [6, 6.07) is 4.84. The predicted molar refractivity (Wildman–Crippen MR) is 70.0 cm³/mol. The van der Waals surface area contributed by atoms with Crippen LogP contribution in [0.4, 0.5) is 17.1 Å². The van der Waals surface area contributed by atoms with E-state index in [0.717, 1.165) is 6.42 Å². The summed E-state index contributed by atoms with van der Waals surface area (Å²) in [6.45, 7) is 6.33. The molecule has 0 aliphatic rings. The van der Waals surface area contributed by atoms with Crippen molar-refractivity contribution in [2.45, 2.75) is 33.2 Å². The van der Waals surface area contributed by atoms with Gasteiger partial charge in [-0.1, -0.05) is 13.8 Å². The molecular formula is C12H19N3O2. The number of nitrogen functional groups attached to an aromatic ring is 1. The number of nitrogens with one attached hydrogen (secondary N) is 1. The average Bonchev–Trinajstić information content (AvgIpc) is 2.14. The minimum absolute atomic E-state index is 0.0178. The van der Waals surface area contributed by atoms with Gasteiger partial charge in [-0.2, -0.15) is 0 Å². The van der Waals surface area contributed by atoms with E-state index in [1.807, 2.05) is 0 Å². The fraction of sp³-hybridized carbons (Fsp3) is 0.500. The molecule has 0 heterocycles. The van der Waals surface area contributed by atoms with Crippen molar-refractivity contribution >= 4 is 17.1 Å². The Morgan fingerprint density at radius 3 is 2.53 bits per heavy atom. The number of nitrogens with two attached hydrogens (primary N) is 1. The lowest BCUT2D eigenvalue weighted by molar-refractivity contribution is -0.384. The first-order valence-corrected chi connectivity index (χ1v) is 5.70. The highest BCUT2D eigenvalue weighted by molar-refractivity contribution is 5.61. The normalized spacial score (nSPS) is 12.5. The molecule has 0 aromatic heterocycles. The van der Waals surface area contributed by atoms with Crippen LogP contribution in [0.15, 0.2) is 18.2 Å². The lowest BCUT2D eigenvalue weighted by Gasteiger charge is -2.17. The summed E-state index contributed by atoms with van der Waals surface area (Å²) in [7, 11) is 0. The van der Waals surface area contributed by atoms with Crippen LogP contribution >= 0.6 is 0 Å². The van der Waals surface area contributed by atoms with Crippen LogP contribution in [-0.4, -0.2) is 11.0 Å². The summed E-state index contributed by atoms with van der Waals surface area (Å²) in [5.74, 6) is 0.577. The second-order valence-corrected chi connectivity index (χ2v) is 4.75. The van der Waals surface area contributed by atoms with Crippen LogP contribution in [-0.2, 0) is 0 Å². The van der Waals surface area contributed by atoms with E-state index >= 15 is 0 Å². The molecule has 1 atom stereocenters. The Kier molecular flexibility index (Phi) is 4.31. The van der Waals surface area contributed by atoms with E-state index in [9.17, 15) is 10.1 Å². The lowest BCUT2D eigenvalue weighted by atomic mass is 10.0. The van der Waals surface area contributed by atoms with Gasteiger partial charge in [0.05, 0.1) is 4.92 Å². The molecule has 0 spiro atoms. The molecule has 0 amide bonds.